The van der Waals surface area contributed by atoms with Crippen LogP contribution in [0.4, 0.5) is 5.00 Å². The minimum atomic E-state index is -0.563. The van der Waals surface area contributed by atoms with Gasteiger partial charge in [-0.2, -0.15) is 0 Å². The van der Waals surface area contributed by atoms with Gasteiger partial charge in [-0.25, -0.2) is 4.79 Å². The summed E-state index contributed by atoms with van der Waals surface area (Å²) >= 11 is 1.67. The minimum Gasteiger partial charge on any atom is -0.493 e. The third kappa shape index (κ3) is 4.33. The molecule has 10 heteroatoms. The van der Waals surface area contributed by atoms with E-state index in [-0.39, 0.29) is 17.6 Å². The number of anilines is 1. The van der Waals surface area contributed by atoms with Crippen molar-refractivity contribution in [3.63, 3.8) is 0 Å². The molecule has 36 heavy (non-hydrogen) atoms. The van der Waals surface area contributed by atoms with Gasteiger partial charge in [-0.3, -0.25) is 4.79 Å². The smallest absolute Gasteiger partial charge is 0.343 e. The number of rotatable bonds is 6. The normalized spacial score (nSPS) is 18.3. The van der Waals surface area contributed by atoms with Gasteiger partial charge >= 0.3 is 5.97 Å². The Morgan fingerprint density at radius 3 is 2.36 bits per heavy atom. The molecule has 5 rings (SSSR count). The molecule has 1 aromatic heterocycles. The maximum Gasteiger partial charge on any atom is 0.343 e. The van der Waals surface area contributed by atoms with Crippen LogP contribution >= 0.6 is 11.3 Å². The molecule has 2 aromatic carbocycles. The second-order valence-electron chi connectivity index (χ2n) is 8.77. The number of nitrogens with one attached hydrogen (secondary N) is 3. The Bertz CT molecular complexity index is 1290. The Morgan fingerprint density at radius 1 is 1.03 bits per heavy atom. The number of quaternary nitrogens is 1. The highest BCUT2D eigenvalue weighted by Gasteiger charge is 2.33. The van der Waals surface area contributed by atoms with Crippen LogP contribution in [0.3, 0.4) is 0 Å². The Hall–Kier alpha value is -3.76. The molecule has 2 unspecified atom stereocenters. The van der Waals surface area contributed by atoms with Crippen molar-refractivity contribution in [3.05, 3.63) is 63.5 Å². The Balaban J connectivity index is 1.31. The lowest BCUT2D eigenvalue weighted by Crippen LogP contribution is -3.08. The zero-order valence-electron chi connectivity index (χ0n) is 20.5. The number of esters is 1. The molecular formula is C26H28N3O6S+. The van der Waals surface area contributed by atoms with Gasteiger partial charge in [0.1, 0.15) is 23.5 Å². The monoisotopic (exact) mass is 510 g/mol. The number of ether oxygens (including phenoxy) is 4. The summed E-state index contributed by atoms with van der Waals surface area (Å²) in [5, 5.41) is 7.45. The number of methoxy groups -OCH3 is 3. The van der Waals surface area contributed by atoms with Crippen molar-refractivity contribution in [1.82, 2.24) is 5.32 Å². The standard InChI is InChI=1S/C26H27N3O6S/c1-29-10-9-17-20(13-29)36-25-21(17)24(30)27-23(28-25)14-5-7-16(8-6-14)35-26(31)15-11-18(32-2)22(34-4)19(12-15)33-3/h5-8,11-12,23,28H,9-10,13H2,1-4H3,(H,27,30)/p+1. The van der Waals surface area contributed by atoms with Crippen molar-refractivity contribution in [2.24, 2.45) is 0 Å². The van der Waals surface area contributed by atoms with Gasteiger partial charge in [0.05, 0.1) is 50.9 Å². The molecule has 2 aliphatic rings. The van der Waals surface area contributed by atoms with E-state index in [1.807, 2.05) is 12.1 Å². The van der Waals surface area contributed by atoms with E-state index >= 15 is 0 Å². The molecule has 0 spiro atoms. The first kappa shape index (κ1) is 24.0. The summed E-state index contributed by atoms with van der Waals surface area (Å²) in [7, 11) is 6.64. The van der Waals surface area contributed by atoms with Crippen LogP contribution in [0.5, 0.6) is 23.0 Å². The summed E-state index contributed by atoms with van der Waals surface area (Å²) in [6.45, 7) is 1.97. The van der Waals surface area contributed by atoms with Crippen LogP contribution in [0, 0.1) is 0 Å². The maximum atomic E-state index is 13.0. The molecule has 3 heterocycles. The molecule has 3 aromatic rings. The van der Waals surface area contributed by atoms with E-state index in [1.54, 1.807) is 23.5 Å². The van der Waals surface area contributed by atoms with Gasteiger partial charge in [0.2, 0.25) is 5.75 Å². The van der Waals surface area contributed by atoms with E-state index in [2.05, 4.69) is 17.7 Å². The zero-order chi connectivity index (χ0) is 25.4. The lowest BCUT2D eigenvalue weighted by molar-refractivity contribution is -0.895. The molecule has 188 valence electrons. The third-order valence-corrected chi connectivity index (χ3v) is 7.62. The molecule has 2 atom stereocenters. The highest BCUT2D eigenvalue weighted by molar-refractivity contribution is 7.16. The van der Waals surface area contributed by atoms with Gasteiger partial charge < -0.3 is 34.5 Å². The highest BCUT2D eigenvalue weighted by Crippen LogP contribution is 2.40. The van der Waals surface area contributed by atoms with E-state index in [1.165, 1.54) is 48.8 Å². The molecule has 9 nitrogen and oxygen atoms in total. The van der Waals surface area contributed by atoms with Crippen molar-refractivity contribution in [2.45, 2.75) is 19.1 Å². The molecule has 2 aliphatic heterocycles. The first-order valence-electron chi connectivity index (χ1n) is 11.6. The van der Waals surface area contributed by atoms with Crippen LogP contribution in [-0.2, 0) is 13.0 Å². The van der Waals surface area contributed by atoms with Gasteiger partial charge in [-0.05, 0) is 35.4 Å². The Labute approximate surface area is 212 Å². The van der Waals surface area contributed by atoms with Gasteiger partial charge in [0.15, 0.2) is 11.5 Å². The zero-order valence-corrected chi connectivity index (χ0v) is 21.3. The number of hydrogen-bond acceptors (Lipinski definition) is 8. The van der Waals surface area contributed by atoms with Crippen LogP contribution in [-0.4, -0.2) is 46.8 Å². The van der Waals surface area contributed by atoms with Crippen molar-refractivity contribution < 1.29 is 33.4 Å². The van der Waals surface area contributed by atoms with Crippen molar-refractivity contribution in [1.29, 1.82) is 0 Å². The van der Waals surface area contributed by atoms with E-state index in [0.717, 1.165) is 35.6 Å². The number of benzene rings is 2. The predicted octanol–water partition coefficient (Wildman–Crippen LogP) is 2.42. The molecular weight excluding hydrogens is 482 g/mol. The molecule has 0 saturated heterocycles. The van der Waals surface area contributed by atoms with Crippen LogP contribution in [0.25, 0.3) is 0 Å². The van der Waals surface area contributed by atoms with Crippen LogP contribution in [0.2, 0.25) is 0 Å². The second kappa shape index (κ2) is 9.71. The molecule has 0 aliphatic carbocycles. The van der Waals surface area contributed by atoms with Crippen molar-refractivity contribution >= 4 is 28.2 Å². The first-order valence-corrected chi connectivity index (χ1v) is 12.4. The second-order valence-corrected chi connectivity index (χ2v) is 9.87. The van der Waals surface area contributed by atoms with Gasteiger partial charge in [0, 0.05) is 6.42 Å². The summed E-state index contributed by atoms with van der Waals surface area (Å²) in [5.41, 5.74) is 3.08. The van der Waals surface area contributed by atoms with E-state index < -0.39 is 5.97 Å². The first-order chi connectivity index (χ1) is 17.4. The summed E-state index contributed by atoms with van der Waals surface area (Å²) in [6, 6.07) is 10.1. The number of likely N-dealkylation sites (N-methyl/N-ethyl adjacent to an activating group) is 1. The maximum absolute atomic E-state index is 13.0. The van der Waals surface area contributed by atoms with Gasteiger partial charge in [0.25, 0.3) is 5.91 Å². The average molecular weight is 511 g/mol. The van der Waals surface area contributed by atoms with Crippen molar-refractivity contribution in [3.8, 4) is 23.0 Å². The number of hydrogen-bond donors (Lipinski definition) is 3. The molecule has 1 amide bonds. The minimum absolute atomic E-state index is 0.0521. The fourth-order valence-electron chi connectivity index (χ4n) is 4.59. The van der Waals surface area contributed by atoms with E-state index in [4.69, 9.17) is 18.9 Å². The average Bonchev–Trinajstić information content (AvgIpc) is 3.25. The van der Waals surface area contributed by atoms with Gasteiger partial charge in [-0.15, -0.1) is 11.3 Å². The van der Waals surface area contributed by atoms with Gasteiger partial charge in [-0.1, -0.05) is 12.1 Å². The molecule has 3 N–H and O–H groups in total. The molecule has 0 saturated carbocycles. The molecule has 0 bridgehead atoms. The lowest BCUT2D eigenvalue weighted by Gasteiger charge is -2.27. The summed E-state index contributed by atoms with van der Waals surface area (Å²) in [5.74, 6) is 0.876. The fraction of sp³-hybridized carbons (Fsp3) is 0.308. The molecule has 0 radical (unpaired) electrons. The summed E-state index contributed by atoms with van der Waals surface area (Å²) in [4.78, 5) is 28.5. The SMILES string of the molecule is COc1cc(C(=O)Oc2ccc(C3NC(=O)c4c(sc5c4CC[NH+](C)C5)N3)cc2)cc(OC)c1OC. The highest BCUT2D eigenvalue weighted by atomic mass is 32.1. The van der Waals surface area contributed by atoms with Crippen LogP contribution < -0.4 is 34.5 Å². The van der Waals surface area contributed by atoms with E-state index in [0.29, 0.717) is 23.0 Å². The Morgan fingerprint density at radius 2 is 1.72 bits per heavy atom. The Kier molecular flexibility index (Phi) is 6.46. The number of amides is 1. The topological polar surface area (TPSA) is 99.6 Å². The number of fused-ring (bicyclic) bond motifs is 3. The summed E-state index contributed by atoms with van der Waals surface area (Å²) < 4.78 is 21.5. The molecule has 0 fully saturated rings. The third-order valence-electron chi connectivity index (χ3n) is 6.46. The van der Waals surface area contributed by atoms with Crippen LogP contribution in [0.15, 0.2) is 36.4 Å². The van der Waals surface area contributed by atoms with Crippen molar-refractivity contribution in [2.75, 3.05) is 40.2 Å². The summed E-state index contributed by atoms with van der Waals surface area (Å²) in [6.07, 6.45) is 0.550. The number of carbonyl (C=O) groups is 2. The largest absolute Gasteiger partial charge is 0.493 e. The number of carbonyl (C=O) groups excluding carboxylic acids is 2. The number of thiophene rings is 1. The van der Waals surface area contributed by atoms with Crippen LogP contribution in [0.1, 0.15) is 42.9 Å². The predicted molar refractivity (Wildman–Crippen MR) is 135 cm³/mol. The lowest BCUT2D eigenvalue weighted by atomic mass is 10.0. The quantitative estimate of drug-likeness (QED) is 0.346. The fourth-order valence-corrected chi connectivity index (χ4v) is 5.98. The van der Waals surface area contributed by atoms with E-state index in [9.17, 15) is 9.59 Å².